The summed E-state index contributed by atoms with van der Waals surface area (Å²) in [6, 6.07) is 4.94. The highest BCUT2D eigenvalue weighted by Crippen LogP contribution is 2.33. The lowest BCUT2D eigenvalue weighted by atomic mass is 10.0. The maximum Gasteiger partial charge on any atom is 0.417 e. The summed E-state index contributed by atoms with van der Waals surface area (Å²) in [6.45, 7) is 0.705. The Kier molecular flexibility index (Phi) is 3.99. The number of fused-ring (bicyclic) bond motifs is 1. The van der Waals surface area contributed by atoms with Crippen LogP contribution in [0.3, 0.4) is 0 Å². The Balaban J connectivity index is 1.90. The molecule has 116 valence electrons. The quantitative estimate of drug-likeness (QED) is 0.889. The maximum atomic E-state index is 12.4. The van der Waals surface area contributed by atoms with Crippen molar-refractivity contribution in [3.8, 4) is 11.5 Å². The molecule has 5 nitrogen and oxygen atoms in total. The van der Waals surface area contributed by atoms with E-state index in [1.165, 1.54) is 0 Å². The van der Waals surface area contributed by atoms with Gasteiger partial charge in [0.2, 0.25) is 12.7 Å². The molecule has 2 N–H and O–H groups in total. The van der Waals surface area contributed by atoms with Crippen LogP contribution in [-0.2, 0) is 11.3 Å². The van der Waals surface area contributed by atoms with Gasteiger partial charge in [-0.25, -0.2) is 0 Å². The molecule has 0 radical (unpaired) electrons. The fourth-order valence-corrected chi connectivity index (χ4v) is 1.73. The van der Waals surface area contributed by atoms with E-state index in [2.05, 4.69) is 5.32 Å². The van der Waals surface area contributed by atoms with E-state index < -0.39 is 24.1 Å². The average molecular weight is 305 g/mol. The summed E-state index contributed by atoms with van der Waals surface area (Å²) in [5.41, 5.74) is -2.40. The number of nitrogens with one attached hydrogen (secondary N) is 1. The van der Waals surface area contributed by atoms with Crippen LogP contribution in [0.1, 0.15) is 18.9 Å². The summed E-state index contributed by atoms with van der Waals surface area (Å²) in [5.74, 6) is 0.198. The zero-order valence-corrected chi connectivity index (χ0v) is 11.2. The summed E-state index contributed by atoms with van der Waals surface area (Å²) in [5, 5.41) is 11.5. The third kappa shape index (κ3) is 3.57. The molecule has 0 saturated heterocycles. The van der Waals surface area contributed by atoms with E-state index in [0.717, 1.165) is 0 Å². The molecule has 0 aliphatic carbocycles. The zero-order valence-electron chi connectivity index (χ0n) is 11.2. The summed E-state index contributed by atoms with van der Waals surface area (Å²) in [7, 11) is 0. The minimum atomic E-state index is -4.86. The van der Waals surface area contributed by atoms with E-state index in [-0.39, 0.29) is 13.3 Å². The van der Waals surface area contributed by atoms with E-state index in [4.69, 9.17) is 9.47 Å². The van der Waals surface area contributed by atoms with Gasteiger partial charge in [-0.3, -0.25) is 4.79 Å². The first-order chi connectivity index (χ1) is 9.69. The molecule has 1 aliphatic heterocycles. The van der Waals surface area contributed by atoms with Gasteiger partial charge in [-0.05, 0) is 24.6 Å². The second-order valence-electron chi connectivity index (χ2n) is 4.91. The van der Waals surface area contributed by atoms with Crippen molar-refractivity contribution in [2.24, 2.45) is 0 Å². The Morgan fingerprint density at radius 2 is 2.00 bits per heavy atom. The molecule has 1 atom stereocenters. The number of amides is 1. The number of halogens is 3. The van der Waals surface area contributed by atoms with E-state index in [9.17, 15) is 23.1 Å². The Morgan fingerprint density at radius 3 is 2.67 bits per heavy atom. The first-order valence-corrected chi connectivity index (χ1v) is 6.13. The topological polar surface area (TPSA) is 67.8 Å². The lowest BCUT2D eigenvalue weighted by Gasteiger charge is -2.25. The lowest BCUT2D eigenvalue weighted by Crippen LogP contribution is -2.46. The fourth-order valence-electron chi connectivity index (χ4n) is 1.73. The van der Waals surface area contributed by atoms with Gasteiger partial charge >= 0.3 is 6.18 Å². The summed E-state index contributed by atoms with van der Waals surface area (Å²) in [4.78, 5) is 11.5. The molecule has 0 fully saturated rings. The summed E-state index contributed by atoms with van der Waals surface area (Å²) in [6.07, 6.45) is -5.91. The second-order valence-corrected chi connectivity index (χ2v) is 4.91. The number of carbonyl (C=O) groups excluding carboxylic acids is 1. The number of hydrogen-bond acceptors (Lipinski definition) is 4. The Morgan fingerprint density at radius 1 is 1.33 bits per heavy atom. The van der Waals surface area contributed by atoms with Crippen molar-refractivity contribution in [3.05, 3.63) is 23.8 Å². The van der Waals surface area contributed by atoms with Gasteiger partial charge in [0.15, 0.2) is 17.1 Å². The van der Waals surface area contributed by atoms with Gasteiger partial charge in [0.1, 0.15) is 0 Å². The Labute approximate surface area is 118 Å². The van der Waals surface area contributed by atoms with Gasteiger partial charge in [0, 0.05) is 6.54 Å². The molecule has 8 heteroatoms. The van der Waals surface area contributed by atoms with Crippen molar-refractivity contribution >= 4 is 5.91 Å². The van der Waals surface area contributed by atoms with Crippen molar-refractivity contribution in [2.45, 2.75) is 31.7 Å². The van der Waals surface area contributed by atoms with Crippen molar-refractivity contribution in [2.75, 3.05) is 6.79 Å². The molecule has 0 saturated carbocycles. The van der Waals surface area contributed by atoms with Crippen LogP contribution < -0.4 is 14.8 Å². The largest absolute Gasteiger partial charge is 0.454 e. The first-order valence-electron chi connectivity index (χ1n) is 6.13. The standard InChI is InChI=1S/C13H14F3NO4/c1-12(19,13(14,15)16)5-11(18)17-6-8-2-3-9-10(4-8)21-7-20-9/h2-4,19H,5-7H2,1H3,(H,17,18)/t12-/m0/s1. The Bertz CT molecular complexity index is 543. The Hall–Kier alpha value is -1.96. The van der Waals surface area contributed by atoms with Crippen molar-refractivity contribution in [3.63, 3.8) is 0 Å². The number of alkyl halides is 3. The second kappa shape index (κ2) is 5.44. The summed E-state index contributed by atoms with van der Waals surface area (Å²) < 4.78 is 47.6. The molecule has 1 amide bonds. The van der Waals surface area contributed by atoms with E-state index >= 15 is 0 Å². The number of hydrogen-bond donors (Lipinski definition) is 2. The van der Waals surface area contributed by atoms with Crippen molar-refractivity contribution in [1.29, 1.82) is 0 Å². The van der Waals surface area contributed by atoms with Crippen LogP contribution in [0.4, 0.5) is 13.2 Å². The van der Waals surface area contributed by atoms with Crippen LogP contribution in [0.25, 0.3) is 0 Å². The van der Waals surface area contributed by atoms with Crippen LogP contribution in [-0.4, -0.2) is 29.6 Å². The minimum absolute atomic E-state index is 0.0312. The zero-order chi connectivity index (χ0) is 15.7. The first kappa shape index (κ1) is 15.4. The summed E-state index contributed by atoms with van der Waals surface area (Å²) >= 11 is 0. The average Bonchev–Trinajstić information content (AvgIpc) is 2.81. The molecule has 2 rings (SSSR count). The molecule has 0 unspecified atom stereocenters. The van der Waals surface area contributed by atoms with E-state index in [1.807, 2.05) is 0 Å². The third-order valence-electron chi connectivity index (χ3n) is 3.04. The highest BCUT2D eigenvalue weighted by molar-refractivity contribution is 5.77. The molecule has 21 heavy (non-hydrogen) atoms. The molecule has 1 aromatic rings. The number of benzene rings is 1. The van der Waals surface area contributed by atoms with Gasteiger partial charge in [-0.15, -0.1) is 0 Å². The van der Waals surface area contributed by atoms with E-state index in [0.29, 0.717) is 24.0 Å². The molecule has 0 spiro atoms. The third-order valence-corrected chi connectivity index (χ3v) is 3.04. The van der Waals surface area contributed by atoms with Crippen molar-refractivity contribution < 1.29 is 32.5 Å². The van der Waals surface area contributed by atoms with Gasteiger partial charge in [0.05, 0.1) is 6.42 Å². The molecule has 1 aromatic carbocycles. The highest BCUT2D eigenvalue weighted by atomic mass is 19.4. The number of ether oxygens (including phenoxy) is 2. The molecule has 0 aromatic heterocycles. The van der Waals surface area contributed by atoms with Crippen LogP contribution in [0, 0.1) is 0 Å². The number of aliphatic hydroxyl groups is 1. The smallest absolute Gasteiger partial charge is 0.417 e. The van der Waals surface area contributed by atoms with Crippen molar-refractivity contribution in [1.82, 2.24) is 5.32 Å². The molecule has 1 aliphatic rings. The van der Waals surface area contributed by atoms with Crippen LogP contribution in [0.15, 0.2) is 18.2 Å². The van der Waals surface area contributed by atoms with Crippen LogP contribution in [0.5, 0.6) is 11.5 Å². The molecular weight excluding hydrogens is 291 g/mol. The number of carbonyl (C=O) groups is 1. The van der Waals surface area contributed by atoms with Gasteiger partial charge in [-0.1, -0.05) is 6.07 Å². The normalized spacial score (nSPS) is 16.4. The van der Waals surface area contributed by atoms with E-state index in [1.54, 1.807) is 18.2 Å². The van der Waals surface area contributed by atoms with Gasteiger partial charge < -0.3 is 19.9 Å². The highest BCUT2D eigenvalue weighted by Gasteiger charge is 2.50. The predicted octanol–water partition coefficient (Wildman–Crippen LogP) is 1.73. The molecule has 0 bridgehead atoms. The monoisotopic (exact) mass is 305 g/mol. The SMILES string of the molecule is C[C@](O)(CC(=O)NCc1ccc2c(c1)OCO2)C(F)(F)F. The lowest BCUT2D eigenvalue weighted by molar-refractivity contribution is -0.253. The van der Waals surface area contributed by atoms with Gasteiger partial charge in [0.25, 0.3) is 0 Å². The predicted molar refractivity (Wildman–Crippen MR) is 65.7 cm³/mol. The maximum absolute atomic E-state index is 12.4. The van der Waals surface area contributed by atoms with Gasteiger partial charge in [-0.2, -0.15) is 13.2 Å². The molecule has 1 heterocycles. The van der Waals surface area contributed by atoms with Crippen LogP contribution >= 0.6 is 0 Å². The number of rotatable bonds is 4. The van der Waals surface area contributed by atoms with Crippen LogP contribution in [0.2, 0.25) is 0 Å². The fraction of sp³-hybridized carbons (Fsp3) is 0.462. The minimum Gasteiger partial charge on any atom is -0.454 e. The molecular formula is C13H14F3NO4.